The molecule has 0 fully saturated rings. The molecule has 0 unspecified atom stereocenters. The Hall–Kier alpha value is -8.18. The van der Waals surface area contributed by atoms with Crippen molar-refractivity contribution in [3.63, 3.8) is 0 Å². The van der Waals surface area contributed by atoms with Crippen molar-refractivity contribution in [2.75, 3.05) is 32.9 Å². The van der Waals surface area contributed by atoms with Gasteiger partial charge >= 0.3 is 5.97 Å². The molecule has 0 spiro atoms. The number of rotatable bonds is 23. The molecule has 7 N–H and O–H groups in total. The van der Waals surface area contributed by atoms with Crippen LogP contribution in [-0.2, 0) is 84.2 Å². The van der Waals surface area contributed by atoms with E-state index in [1.165, 1.54) is 22.8 Å². The van der Waals surface area contributed by atoms with Gasteiger partial charge in [0.1, 0.15) is 25.2 Å². The van der Waals surface area contributed by atoms with E-state index in [1.54, 1.807) is 57.2 Å². The Labute approximate surface area is 440 Å². The van der Waals surface area contributed by atoms with Crippen LogP contribution in [-0.4, -0.2) is 118 Å². The molecule has 4 aromatic rings. The van der Waals surface area contributed by atoms with E-state index < -0.39 is 96.2 Å². The van der Waals surface area contributed by atoms with E-state index in [1.807, 2.05) is 0 Å². The highest BCUT2D eigenvalue weighted by Crippen LogP contribution is 2.46. The first-order chi connectivity index (χ1) is 36.9. The fraction of sp³-hybridized carbons (Fsp3) is 0.426. The number of carbonyl (C=O) groups excluding carboxylic acids is 9. The molecule has 1 aliphatic carbocycles. The van der Waals surface area contributed by atoms with Gasteiger partial charge in [-0.3, -0.25) is 48.1 Å². The number of aromatic nitrogens is 2. The van der Waals surface area contributed by atoms with Gasteiger partial charge in [0.05, 0.1) is 67.2 Å². The van der Waals surface area contributed by atoms with E-state index in [4.69, 9.17) is 14.5 Å². The summed E-state index contributed by atoms with van der Waals surface area (Å²) < 4.78 is 27.9. The Morgan fingerprint density at radius 1 is 0.870 bits per heavy atom. The lowest BCUT2D eigenvalue weighted by atomic mass is 9.81. The van der Waals surface area contributed by atoms with Crippen molar-refractivity contribution in [3.8, 4) is 11.4 Å². The molecule has 2 aromatic carbocycles. The van der Waals surface area contributed by atoms with Crippen LogP contribution in [0.1, 0.15) is 104 Å². The van der Waals surface area contributed by atoms with E-state index in [0.717, 1.165) is 10.5 Å². The molecule has 4 aliphatic rings. The predicted molar refractivity (Wildman–Crippen MR) is 272 cm³/mol. The Balaban J connectivity index is 0.800. The summed E-state index contributed by atoms with van der Waals surface area (Å²) in [6.45, 7) is 3.21. The average molecular weight is 1060 g/mol. The van der Waals surface area contributed by atoms with Gasteiger partial charge in [0.25, 0.3) is 17.4 Å². The third kappa shape index (κ3) is 12.3. The second-order valence-electron chi connectivity index (χ2n) is 19.4. The lowest BCUT2D eigenvalue weighted by Gasteiger charge is -2.31. The number of fused-ring (bicyclic) bond motifs is 5. The number of halogens is 1. The van der Waals surface area contributed by atoms with Crippen LogP contribution in [0.2, 0.25) is 0 Å². The average Bonchev–Trinajstić information content (AvgIpc) is 4.18. The SMILES string of the molecule is CC[C@@]1(O)C(=O)OCc2c1cc1n(c2=O)Cc2c-1nc1cc(F)c(C)c3c1c2[C@@H](NC(=O)C[C@@H](C)OCNC(=O)CNC(=O)[C@H](Cc1ccccc1)NC(=O)CNC(=O)CNC(=O)CCCCCN1C(=O)C=CC1=O)CC3. The summed E-state index contributed by atoms with van der Waals surface area (Å²) in [6, 6.07) is 9.97. The van der Waals surface area contributed by atoms with Crippen LogP contribution in [0.15, 0.2) is 59.4 Å². The number of hydrogen-bond donors (Lipinski definition) is 7. The molecule has 0 saturated heterocycles. The Morgan fingerprint density at radius 2 is 1.57 bits per heavy atom. The van der Waals surface area contributed by atoms with E-state index in [2.05, 4.69) is 31.9 Å². The fourth-order valence-corrected chi connectivity index (χ4v) is 10.1. The number of aryl methyl sites for hydroxylation is 1. The minimum Gasteiger partial charge on any atom is -0.458 e. The first kappa shape index (κ1) is 55.1. The maximum Gasteiger partial charge on any atom is 0.343 e. The minimum absolute atomic E-state index is 0.0427. The van der Waals surface area contributed by atoms with Gasteiger partial charge in [-0.25, -0.2) is 14.2 Å². The highest BCUT2D eigenvalue weighted by Gasteiger charge is 2.46. The smallest absolute Gasteiger partial charge is 0.343 e. The van der Waals surface area contributed by atoms with Crippen LogP contribution >= 0.6 is 0 Å². The van der Waals surface area contributed by atoms with Gasteiger partial charge in [0, 0.05) is 54.1 Å². The highest BCUT2D eigenvalue weighted by molar-refractivity contribution is 6.12. The summed E-state index contributed by atoms with van der Waals surface area (Å²) >= 11 is 0. The number of imide groups is 1. The third-order valence-electron chi connectivity index (χ3n) is 14.3. The summed E-state index contributed by atoms with van der Waals surface area (Å²) in [4.78, 5) is 134. The molecule has 8 rings (SSSR count). The molecule has 0 radical (unpaired) electrons. The summed E-state index contributed by atoms with van der Waals surface area (Å²) in [5.74, 6) is -5.52. The summed E-state index contributed by atoms with van der Waals surface area (Å²) in [7, 11) is 0. The summed E-state index contributed by atoms with van der Waals surface area (Å²) in [6.07, 6.45) is 4.08. The Bertz CT molecular complexity index is 3140. The summed E-state index contributed by atoms with van der Waals surface area (Å²) in [5, 5.41) is 27.6. The van der Waals surface area contributed by atoms with Crippen molar-refractivity contribution in [3.05, 3.63) is 110 Å². The van der Waals surface area contributed by atoms with E-state index in [0.29, 0.717) is 76.6 Å². The molecule has 5 heterocycles. The molecule has 22 nitrogen and oxygen atoms in total. The lowest BCUT2D eigenvalue weighted by Crippen LogP contribution is -2.52. The van der Waals surface area contributed by atoms with E-state index >= 15 is 4.39 Å². The minimum atomic E-state index is -2.04. The quantitative estimate of drug-likeness (QED) is 0.0209. The number of pyridine rings is 2. The monoisotopic (exact) mass is 1060 g/mol. The number of nitrogens with zero attached hydrogens (tertiary/aromatic N) is 3. The van der Waals surface area contributed by atoms with Gasteiger partial charge in [-0.05, 0) is 74.3 Å². The molecule has 2 aromatic heterocycles. The standard InChI is InChI=1S/C54H60FN9O13/c1-4-54(75)35-21-40-50-33(26-64(40)52(73)34(35)27-76-53(54)74)49-37(15-14-32-30(3)36(55)22-38(62-50)48(32)49)60-42(66)19-29(2)77-28-59-44(68)24-58-51(72)39(20-31-11-7-5-8-12-31)61-45(69)25-57-43(67)23-56-41(65)13-9-6-10-18-63-46(70)16-17-47(63)71/h5,7-8,11-12,16-17,21-22,29,37,39,75H,4,6,9-10,13-15,18-20,23-28H2,1-3H3,(H,56,65)(H,57,67)(H,58,72)(H,59,68)(H,60,66)(H,61,69)/t29-,37+,39+,54+/m1/s1. The second-order valence-corrected chi connectivity index (χ2v) is 19.4. The Morgan fingerprint density at radius 3 is 2.31 bits per heavy atom. The van der Waals surface area contributed by atoms with Crippen LogP contribution in [0.3, 0.4) is 0 Å². The zero-order chi connectivity index (χ0) is 55.1. The van der Waals surface area contributed by atoms with Crippen LogP contribution in [0, 0.1) is 12.7 Å². The predicted octanol–water partition coefficient (Wildman–Crippen LogP) is 1.06. The van der Waals surface area contributed by atoms with Gasteiger partial charge in [-0.2, -0.15) is 0 Å². The van der Waals surface area contributed by atoms with Crippen LogP contribution in [0.4, 0.5) is 4.39 Å². The number of cyclic esters (lactones) is 1. The molecule has 77 heavy (non-hydrogen) atoms. The first-order valence-electron chi connectivity index (χ1n) is 25.5. The van der Waals surface area contributed by atoms with Crippen molar-refractivity contribution >= 4 is 64.1 Å². The third-order valence-corrected chi connectivity index (χ3v) is 14.3. The highest BCUT2D eigenvalue weighted by atomic mass is 19.1. The molecule has 0 saturated carbocycles. The number of aliphatic hydroxyl groups is 1. The van der Waals surface area contributed by atoms with Gasteiger partial charge in [0.2, 0.25) is 35.4 Å². The van der Waals surface area contributed by atoms with E-state index in [9.17, 15) is 53.1 Å². The van der Waals surface area contributed by atoms with Gasteiger partial charge in [0.15, 0.2) is 5.60 Å². The normalized spacial score (nSPS) is 17.6. The molecule has 0 bridgehead atoms. The maximum atomic E-state index is 15.4. The molecule has 8 amide bonds. The lowest BCUT2D eigenvalue weighted by molar-refractivity contribution is -0.172. The van der Waals surface area contributed by atoms with Gasteiger partial charge in [-0.15, -0.1) is 0 Å². The number of esters is 1. The number of ether oxygens (including phenoxy) is 2. The Kier molecular flexibility index (Phi) is 17.0. The second kappa shape index (κ2) is 23.8. The van der Waals surface area contributed by atoms with E-state index in [-0.39, 0.29) is 75.1 Å². The van der Waals surface area contributed by atoms with Gasteiger partial charge < -0.3 is 51.0 Å². The zero-order valence-corrected chi connectivity index (χ0v) is 42.8. The van der Waals surface area contributed by atoms with Crippen molar-refractivity contribution < 1.29 is 62.1 Å². The molecular weight excluding hydrogens is 1000 g/mol. The molecule has 406 valence electrons. The van der Waals surface area contributed by atoms with Crippen molar-refractivity contribution in [1.29, 1.82) is 0 Å². The van der Waals surface area contributed by atoms with Crippen molar-refractivity contribution in [1.82, 2.24) is 46.4 Å². The zero-order valence-electron chi connectivity index (χ0n) is 42.8. The molecular formula is C54H60FN9O13. The number of nitrogens with one attached hydrogen (secondary N) is 6. The topological polar surface area (TPSA) is 303 Å². The number of unbranched alkanes of at least 4 members (excludes halogenated alkanes) is 2. The largest absolute Gasteiger partial charge is 0.458 e. The van der Waals surface area contributed by atoms with Crippen LogP contribution in [0.5, 0.6) is 0 Å². The van der Waals surface area contributed by atoms with Crippen molar-refractivity contribution in [2.24, 2.45) is 0 Å². The molecule has 4 atom stereocenters. The van der Waals surface area contributed by atoms with Crippen LogP contribution < -0.4 is 37.5 Å². The molecule has 3 aliphatic heterocycles. The van der Waals surface area contributed by atoms with Crippen molar-refractivity contribution in [2.45, 2.75) is 115 Å². The molecule has 23 heteroatoms. The first-order valence-corrected chi connectivity index (χ1v) is 25.5. The fourth-order valence-electron chi connectivity index (χ4n) is 10.1. The number of benzene rings is 2. The maximum absolute atomic E-state index is 15.4. The number of amides is 8. The van der Waals surface area contributed by atoms with Crippen LogP contribution in [0.25, 0.3) is 22.3 Å². The summed E-state index contributed by atoms with van der Waals surface area (Å²) in [5.41, 5.74) is 2.06. The number of hydrogen-bond acceptors (Lipinski definition) is 14. The van der Waals surface area contributed by atoms with Gasteiger partial charge in [-0.1, -0.05) is 43.7 Å². The number of carbonyl (C=O) groups is 9.